The summed E-state index contributed by atoms with van der Waals surface area (Å²) in [5.41, 5.74) is 0. The van der Waals surface area contributed by atoms with Gasteiger partial charge in [0, 0.05) is 6.16 Å². The molecule has 0 fully saturated rings. The van der Waals surface area contributed by atoms with E-state index in [0.29, 0.717) is 12.3 Å². The molecule has 0 heterocycles. The van der Waals surface area contributed by atoms with Gasteiger partial charge in [0.1, 0.15) is 5.92 Å². The van der Waals surface area contributed by atoms with Crippen LogP contribution in [0.15, 0.2) is 0 Å². The van der Waals surface area contributed by atoms with Crippen LogP contribution in [0, 0.1) is 17.8 Å². The third kappa shape index (κ3) is 3.98. The summed E-state index contributed by atoms with van der Waals surface area (Å²) in [6.07, 6.45) is 1.31. The first-order chi connectivity index (χ1) is 6.49. The predicted molar refractivity (Wildman–Crippen MR) is 58.1 cm³/mol. The Kier molecular flexibility index (Phi) is 5.57. The fourth-order valence-corrected chi connectivity index (χ4v) is 3.05. The summed E-state index contributed by atoms with van der Waals surface area (Å²) in [6.45, 7) is 5.27. The fourth-order valence-electron chi connectivity index (χ4n) is 1.17. The fraction of sp³-hybridized carbons (Fsp3) is 0.700. The second-order valence-corrected chi connectivity index (χ2v) is 6.90. The van der Waals surface area contributed by atoms with Crippen molar-refractivity contribution >= 4 is 13.1 Å². The number of aliphatic carboxylic acids is 1. The monoisotopic (exact) mass is 216 g/mol. The normalized spacial score (nSPS) is 12.8. The molecule has 0 aliphatic carbocycles. The summed E-state index contributed by atoms with van der Waals surface area (Å²) >= 11 is 0. The maximum Gasteiger partial charge on any atom is 0.319 e. The topological polar surface area (TPSA) is 54.4 Å². The molecule has 0 spiro atoms. The predicted octanol–water partition coefficient (Wildman–Crippen LogP) is 2.11. The van der Waals surface area contributed by atoms with Crippen LogP contribution in [-0.4, -0.2) is 29.6 Å². The molecule has 0 bridgehead atoms. The average molecular weight is 216 g/mol. The zero-order valence-corrected chi connectivity index (χ0v) is 9.80. The van der Waals surface area contributed by atoms with E-state index in [1.165, 1.54) is 0 Å². The molecule has 0 aromatic rings. The van der Waals surface area contributed by atoms with Gasteiger partial charge in [-0.05, 0) is 19.2 Å². The Labute approximate surface area is 85.3 Å². The number of hydrogen-bond acceptors (Lipinski definition) is 2. The summed E-state index contributed by atoms with van der Waals surface area (Å²) in [4.78, 5) is 10.8. The second-order valence-electron chi connectivity index (χ2n) is 3.16. The molecular formula is C10H17O3P. The molecule has 0 aromatic carbocycles. The molecule has 0 saturated carbocycles. The molecule has 0 rings (SSSR count). The van der Waals surface area contributed by atoms with Crippen molar-refractivity contribution in [1.29, 1.82) is 0 Å². The van der Waals surface area contributed by atoms with Gasteiger partial charge in [-0.15, -0.1) is 5.92 Å². The number of carbonyl (C=O) groups is 1. The van der Waals surface area contributed by atoms with Crippen LogP contribution in [0.3, 0.4) is 0 Å². The summed E-state index contributed by atoms with van der Waals surface area (Å²) in [5, 5.41) is 8.84. The molecule has 0 aliphatic rings. The van der Waals surface area contributed by atoms with Gasteiger partial charge in [-0.3, -0.25) is 4.79 Å². The zero-order chi connectivity index (χ0) is 11.2. The van der Waals surface area contributed by atoms with Crippen LogP contribution < -0.4 is 0 Å². The molecule has 3 nitrogen and oxygen atoms in total. The van der Waals surface area contributed by atoms with Crippen molar-refractivity contribution in [3.05, 3.63) is 0 Å². The number of carboxylic acids is 1. The van der Waals surface area contributed by atoms with Gasteiger partial charge in [0.25, 0.3) is 0 Å². The van der Waals surface area contributed by atoms with E-state index in [1.54, 1.807) is 6.92 Å². The van der Waals surface area contributed by atoms with Crippen molar-refractivity contribution in [2.45, 2.75) is 20.8 Å². The molecule has 0 aliphatic heterocycles. The molecule has 0 aromatic heterocycles. The molecule has 0 saturated heterocycles. The van der Waals surface area contributed by atoms with E-state index in [9.17, 15) is 9.36 Å². The lowest BCUT2D eigenvalue weighted by Gasteiger charge is -2.15. The van der Waals surface area contributed by atoms with E-state index < -0.39 is 19.0 Å². The highest BCUT2D eigenvalue weighted by molar-refractivity contribution is 7.63. The van der Waals surface area contributed by atoms with Crippen molar-refractivity contribution in [1.82, 2.24) is 0 Å². The first-order valence-electron chi connectivity index (χ1n) is 4.71. The number of rotatable bonds is 5. The summed E-state index contributed by atoms with van der Waals surface area (Å²) in [5.74, 6) is 3.41. The van der Waals surface area contributed by atoms with Crippen molar-refractivity contribution in [3.8, 4) is 11.8 Å². The van der Waals surface area contributed by atoms with Gasteiger partial charge in [0.15, 0.2) is 0 Å². The molecule has 0 radical (unpaired) electrons. The molecule has 1 atom stereocenters. The molecule has 4 heteroatoms. The minimum Gasteiger partial charge on any atom is -0.480 e. The van der Waals surface area contributed by atoms with Crippen molar-refractivity contribution < 1.29 is 14.5 Å². The van der Waals surface area contributed by atoms with Gasteiger partial charge < -0.3 is 9.67 Å². The highest BCUT2D eigenvalue weighted by atomic mass is 31.2. The van der Waals surface area contributed by atoms with Crippen LogP contribution in [-0.2, 0) is 9.36 Å². The van der Waals surface area contributed by atoms with Crippen molar-refractivity contribution in [3.63, 3.8) is 0 Å². The molecule has 1 unspecified atom stereocenters. The molecule has 0 amide bonds. The molecule has 14 heavy (non-hydrogen) atoms. The third-order valence-electron chi connectivity index (χ3n) is 2.28. The maximum absolute atomic E-state index is 12.0. The van der Waals surface area contributed by atoms with Crippen LogP contribution >= 0.6 is 7.14 Å². The summed E-state index contributed by atoms with van der Waals surface area (Å²) in [6, 6.07) is 0. The Morgan fingerprint density at radius 3 is 2.21 bits per heavy atom. The Morgan fingerprint density at radius 2 is 1.93 bits per heavy atom. The van der Waals surface area contributed by atoms with E-state index in [0.717, 1.165) is 0 Å². The highest BCUT2D eigenvalue weighted by Crippen LogP contribution is 2.46. The van der Waals surface area contributed by atoms with Crippen LogP contribution in [0.25, 0.3) is 0 Å². The van der Waals surface area contributed by atoms with Gasteiger partial charge in [-0.1, -0.05) is 19.8 Å². The van der Waals surface area contributed by atoms with Gasteiger partial charge in [0.2, 0.25) is 0 Å². The minimum absolute atomic E-state index is 0.205. The quantitative estimate of drug-likeness (QED) is 0.565. The third-order valence-corrected chi connectivity index (χ3v) is 5.62. The van der Waals surface area contributed by atoms with E-state index in [4.69, 9.17) is 5.11 Å². The largest absolute Gasteiger partial charge is 0.480 e. The maximum atomic E-state index is 12.0. The number of carboxylic acid groups (broad SMARTS) is 1. The van der Waals surface area contributed by atoms with Crippen LogP contribution in [0.4, 0.5) is 0 Å². The minimum atomic E-state index is -2.30. The molecular weight excluding hydrogens is 199 g/mol. The first kappa shape index (κ1) is 13.3. The summed E-state index contributed by atoms with van der Waals surface area (Å²) < 4.78 is 12.0. The molecule has 1 N–H and O–H groups in total. The van der Waals surface area contributed by atoms with Gasteiger partial charge in [0.05, 0.1) is 7.14 Å². The van der Waals surface area contributed by atoms with Gasteiger partial charge in [-0.2, -0.15) is 0 Å². The van der Waals surface area contributed by atoms with E-state index in [1.807, 2.05) is 13.8 Å². The Bertz CT molecular complexity index is 290. The lowest BCUT2D eigenvalue weighted by atomic mass is 10.2. The Balaban J connectivity index is 4.64. The lowest BCUT2D eigenvalue weighted by molar-refractivity contribution is -0.139. The Hall–Kier alpha value is -0.740. The van der Waals surface area contributed by atoms with E-state index in [2.05, 4.69) is 11.8 Å². The second kappa shape index (κ2) is 5.88. The smallest absolute Gasteiger partial charge is 0.319 e. The van der Waals surface area contributed by atoms with Crippen molar-refractivity contribution in [2.75, 3.05) is 18.5 Å². The zero-order valence-electron chi connectivity index (χ0n) is 8.91. The van der Waals surface area contributed by atoms with Crippen LogP contribution in [0.2, 0.25) is 0 Å². The Morgan fingerprint density at radius 1 is 1.43 bits per heavy atom. The highest BCUT2D eigenvalue weighted by Gasteiger charge is 2.26. The standard InChI is InChI=1S/C10H17O3P/c1-4-7-9(10(11)12)8-14(13,5-2)6-3/h9H,5-6,8H2,1-3H3,(H,11,12). The van der Waals surface area contributed by atoms with Gasteiger partial charge in [-0.25, -0.2) is 0 Å². The summed E-state index contributed by atoms with van der Waals surface area (Å²) in [7, 11) is -2.30. The average Bonchev–Trinajstić information content (AvgIpc) is 2.17. The van der Waals surface area contributed by atoms with Gasteiger partial charge >= 0.3 is 5.97 Å². The molecule has 80 valence electrons. The first-order valence-corrected chi connectivity index (χ1v) is 6.97. The van der Waals surface area contributed by atoms with Crippen LogP contribution in [0.1, 0.15) is 20.8 Å². The SMILES string of the molecule is CC#CC(CP(=O)(CC)CC)C(=O)O. The van der Waals surface area contributed by atoms with Crippen molar-refractivity contribution in [2.24, 2.45) is 5.92 Å². The lowest BCUT2D eigenvalue weighted by Crippen LogP contribution is -2.17. The van der Waals surface area contributed by atoms with Crippen LogP contribution in [0.5, 0.6) is 0 Å². The van der Waals surface area contributed by atoms with E-state index >= 15 is 0 Å². The van der Waals surface area contributed by atoms with E-state index in [-0.39, 0.29) is 6.16 Å². The number of hydrogen-bond donors (Lipinski definition) is 1.